The van der Waals surface area contributed by atoms with Crippen LogP contribution in [0.2, 0.25) is 0 Å². The van der Waals surface area contributed by atoms with E-state index in [2.05, 4.69) is 23.9 Å². The van der Waals surface area contributed by atoms with Crippen LogP contribution in [0.1, 0.15) is 61.1 Å². The van der Waals surface area contributed by atoms with E-state index >= 15 is 0 Å². The molecule has 0 N–H and O–H groups in total. The standard InChI is InChI=1S/C34H38N2O6/c1-35-24-14-19(15-25(35)29-28(24)41-29)39-32(37)22-12-13-34(18-8-4-3-5-9-18,23-11-7-6-10-21(22)23)33(38)40-20-16-26-30-31(42-30)27(17-20)36(26)2/h3-11,19-20,22,24-31H,12-17H2,1-2H3/t19?,20?,22-,24-,25+,26-,27+,28-,29+,30-,31+,34-/m0/s1. The summed E-state index contributed by atoms with van der Waals surface area (Å²) >= 11 is 0. The fourth-order valence-electron chi connectivity index (χ4n) is 9.53. The molecule has 6 fully saturated rings. The average molecular weight is 571 g/mol. The van der Waals surface area contributed by atoms with Gasteiger partial charge in [-0.15, -0.1) is 0 Å². The lowest BCUT2D eigenvalue weighted by atomic mass is 9.63. The predicted octanol–water partition coefficient (Wildman–Crippen LogP) is 3.16. The normalized spacial score (nSPS) is 44.5. The van der Waals surface area contributed by atoms with E-state index in [1.165, 1.54) is 0 Å². The van der Waals surface area contributed by atoms with Crippen molar-refractivity contribution in [3.63, 3.8) is 0 Å². The van der Waals surface area contributed by atoms with Crippen molar-refractivity contribution in [2.45, 2.75) is 111 Å². The molecule has 6 aliphatic heterocycles. The summed E-state index contributed by atoms with van der Waals surface area (Å²) in [6.07, 6.45) is 5.21. The number of hydrogen-bond donors (Lipinski definition) is 0. The van der Waals surface area contributed by atoms with E-state index in [1.54, 1.807) is 0 Å². The van der Waals surface area contributed by atoms with Crippen LogP contribution >= 0.6 is 0 Å². The van der Waals surface area contributed by atoms with Gasteiger partial charge < -0.3 is 18.9 Å². The third kappa shape index (κ3) is 3.62. The van der Waals surface area contributed by atoms with Crippen molar-refractivity contribution in [2.75, 3.05) is 14.1 Å². The number of hydrogen-bond acceptors (Lipinski definition) is 8. The lowest BCUT2D eigenvalue weighted by Gasteiger charge is -2.43. The van der Waals surface area contributed by atoms with Crippen LogP contribution < -0.4 is 0 Å². The fraction of sp³-hybridized carbons (Fsp3) is 0.588. The van der Waals surface area contributed by atoms with Crippen LogP contribution in [0.25, 0.3) is 0 Å². The molecular formula is C34H38N2O6. The van der Waals surface area contributed by atoms with E-state index in [0.29, 0.717) is 49.2 Å². The molecule has 8 nitrogen and oxygen atoms in total. The molecule has 1 aliphatic carbocycles. The number of likely N-dealkylation sites (N-methyl/N-ethyl adjacent to an activating group) is 2. The zero-order valence-corrected chi connectivity index (χ0v) is 24.1. The van der Waals surface area contributed by atoms with Crippen molar-refractivity contribution in [3.05, 3.63) is 71.3 Å². The Labute approximate surface area is 246 Å². The van der Waals surface area contributed by atoms with Gasteiger partial charge in [0.05, 0.1) is 5.92 Å². The molecule has 0 radical (unpaired) electrons. The minimum atomic E-state index is -0.971. The van der Waals surface area contributed by atoms with Gasteiger partial charge in [0.2, 0.25) is 0 Å². The largest absolute Gasteiger partial charge is 0.462 e. The number of esters is 2. The molecule has 4 bridgehead atoms. The van der Waals surface area contributed by atoms with Crippen molar-refractivity contribution >= 4 is 11.9 Å². The molecule has 9 rings (SSSR count). The second-order valence-corrected chi connectivity index (χ2v) is 13.7. The highest BCUT2D eigenvalue weighted by Gasteiger charge is 2.64. The number of piperidine rings is 2. The van der Waals surface area contributed by atoms with Crippen molar-refractivity contribution in [1.82, 2.24) is 9.80 Å². The number of epoxide rings is 2. The number of nitrogens with zero attached hydrogens (tertiary/aromatic N) is 2. The first kappa shape index (κ1) is 25.7. The van der Waals surface area contributed by atoms with Gasteiger partial charge in [0, 0.05) is 49.9 Å². The summed E-state index contributed by atoms with van der Waals surface area (Å²) in [6.45, 7) is 0. The molecule has 2 aromatic carbocycles. The Bertz CT molecular complexity index is 1400. The third-order valence-electron chi connectivity index (χ3n) is 11.8. The lowest BCUT2D eigenvalue weighted by Crippen LogP contribution is -2.50. The average Bonchev–Trinajstić information content (AvgIpc) is 3.91. The molecule has 220 valence electrons. The van der Waals surface area contributed by atoms with E-state index in [-0.39, 0.29) is 36.4 Å². The second-order valence-electron chi connectivity index (χ2n) is 13.7. The van der Waals surface area contributed by atoms with Gasteiger partial charge in [-0.2, -0.15) is 0 Å². The van der Waals surface area contributed by atoms with E-state index in [0.717, 1.165) is 42.4 Å². The van der Waals surface area contributed by atoms with Crippen LogP contribution in [-0.4, -0.2) is 96.6 Å². The minimum Gasteiger partial charge on any atom is -0.462 e. The summed E-state index contributed by atoms with van der Waals surface area (Å²) in [7, 11) is 4.33. The lowest BCUT2D eigenvalue weighted by molar-refractivity contribution is -0.162. The maximum absolute atomic E-state index is 14.5. The van der Waals surface area contributed by atoms with E-state index in [1.807, 2.05) is 54.6 Å². The summed E-state index contributed by atoms with van der Waals surface area (Å²) in [6, 6.07) is 19.2. The third-order valence-corrected chi connectivity index (χ3v) is 11.8. The van der Waals surface area contributed by atoms with Crippen LogP contribution in [0.3, 0.4) is 0 Å². The maximum Gasteiger partial charge on any atom is 0.321 e. The Balaban J connectivity index is 1.00. The van der Waals surface area contributed by atoms with Crippen LogP contribution in [0.5, 0.6) is 0 Å². The topological polar surface area (TPSA) is 84.1 Å². The van der Waals surface area contributed by atoms with Gasteiger partial charge in [-0.1, -0.05) is 54.6 Å². The van der Waals surface area contributed by atoms with Crippen LogP contribution in [0.15, 0.2) is 54.6 Å². The molecule has 6 heterocycles. The maximum atomic E-state index is 14.5. The van der Waals surface area contributed by atoms with Gasteiger partial charge in [-0.05, 0) is 43.6 Å². The number of ether oxygens (including phenoxy) is 4. The van der Waals surface area contributed by atoms with E-state index < -0.39 is 11.3 Å². The van der Waals surface area contributed by atoms with Gasteiger partial charge in [-0.3, -0.25) is 19.4 Å². The number of carbonyl (C=O) groups is 2. The molecule has 0 saturated carbocycles. The fourth-order valence-corrected chi connectivity index (χ4v) is 9.53. The summed E-state index contributed by atoms with van der Waals surface area (Å²) in [5.74, 6) is -0.785. The smallest absolute Gasteiger partial charge is 0.321 e. The zero-order chi connectivity index (χ0) is 28.3. The summed E-state index contributed by atoms with van der Waals surface area (Å²) in [4.78, 5) is 33.1. The molecule has 8 heteroatoms. The van der Waals surface area contributed by atoms with Gasteiger partial charge in [-0.25, -0.2) is 0 Å². The number of carbonyl (C=O) groups excluding carboxylic acids is 2. The van der Waals surface area contributed by atoms with Gasteiger partial charge >= 0.3 is 11.9 Å². The van der Waals surface area contributed by atoms with Crippen molar-refractivity contribution < 1.29 is 28.5 Å². The van der Waals surface area contributed by atoms with Crippen molar-refractivity contribution in [2.24, 2.45) is 0 Å². The molecule has 0 spiro atoms. The van der Waals surface area contributed by atoms with Crippen molar-refractivity contribution in [1.29, 1.82) is 0 Å². The first-order valence-corrected chi connectivity index (χ1v) is 15.8. The van der Waals surface area contributed by atoms with Gasteiger partial charge in [0.15, 0.2) is 0 Å². The molecule has 2 aromatic rings. The van der Waals surface area contributed by atoms with E-state index in [4.69, 9.17) is 18.9 Å². The highest BCUT2D eigenvalue weighted by molar-refractivity contribution is 5.91. The van der Waals surface area contributed by atoms with Crippen LogP contribution in [0, 0.1) is 0 Å². The van der Waals surface area contributed by atoms with E-state index in [9.17, 15) is 9.59 Å². The molecule has 0 aromatic heterocycles. The van der Waals surface area contributed by atoms with Crippen LogP contribution in [0.4, 0.5) is 0 Å². The Hall–Kier alpha value is -2.78. The summed E-state index contributed by atoms with van der Waals surface area (Å²) in [5, 5.41) is 0. The molecular weight excluding hydrogens is 532 g/mol. The second kappa shape index (κ2) is 9.11. The SMILES string of the molecule is CN1[C@@H]2CC(OC(=O)[C@H]3CC[C@](C(=O)OC4C[C@@H]5[C@H]6O[C@H]6[C@H](C4)N5C)(c4ccccc4)c4ccccc43)C[C@H]1[C@@H]1O[C@@H]12. The van der Waals surface area contributed by atoms with Crippen molar-refractivity contribution in [3.8, 4) is 0 Å². The minimum absolute atomic E-state index is 0.0898. The first-order chi connectivity index (χ1) is 20.4. The Morgan fingerprint density at radius 2 is 1.26 bits per heavy atom. The van der Waals surface area contributed by atoms with Crippen LogP contribution in [-0.2, 0) is 34.0 Å². The van der Waals surface area contributed by atoms with Gasteiger partial charge in [0.25, 0.3) is 0 Å². The highest BCUT2D eigenvalue weighted by atomic mass is 16.6. The Morgan fingerprint density at radius 1 is 0.738 bits per heavy atom. The summed E-state index contributed by atoms with van der Waals surface area (Å²) < 4.78 is 24.4. The monoisotopic (exact) mass is 570 g/mol. The molecule has 42 heavy (non-hydrogen) atoms. The molecule has 2 unspecified atom stereocenters. The molecule has 12 atom stereocenters. The summed E-state index contributed by atoms with van der Waals surface area (Å²) in [5.41, 5.74) is 1.70. The molecule has 0 amide bonds. The number of morpholine rings is 2. The number of fused-ring (bicyclic) bond motifs is 11. The van der Waals surface area contributed by atoms with Gasteiger partial charge in [0.1, 0.15) is 42.0 Å². The number of rotatable bonds is 5. The quantitative estimate of drug-likeness (QED) is 0.401. The molecule has 6 saturated heterocycles. The molecule has 7 aliphatic rings. The predicted molar refractivity (Wildman–Crippen MR) is 152 cm³/mol. The first-order valence-electron chi connectivity index (χ1n) is 15.8. The highest BCUT2D eigenvalue weighted by Crippen LogP contribution is 2.52. The number of benzene rings is 2. The Kier molecular flexibility index (Phi) is 5.58. The zero-order valence-electron chi connectivity index (χ0n) is 24.1. The Morgan fingerprint density at radius 3 is 1.86 bits per heavy atom.